The van der Waals surface area contributed by atoms with E-state index in [9.17, 15) is 4.79 Å². The zero-order chi connectivity index (χ0) is 17.1. The molecular weight excluding hydrogens is 320 g/mol. The minimum Gasteiger partial charge on any atom is -0.381 e. The van der Waals surface area contributed by atoms with Crippen molar-refractivity contribution in [2.75, 3.05) is 39.4 Å². The van der Waals surface area contributed by atoms with Crippen molar-refractivity contribution >= 4 is 16.9 Å². The first-order chi connectivity index (χ1) is 12.3. The molecule has 3 heterocycles. The number of carbonyl (C=O) groups excluding carboxylic acids is 1. The smallest absolute Gasteiger partial charge is 0.225 e. The third-order valence-corrected chi connectivity index (χ3v) is 5.23. The molecule has 0 N–H and O–H groups in total. The monoisotopic (exact) mass is 344 g/mol. The van der Waals surface area contributed by atoms with Crippen LogP contribution in [0.3, 0.4) is 0 Å². The topological polar surface area (TPSA) is 71.7 Å². The van der Waals surface area contributed by atoms with Crippen molar-refractivity contribution in [3.05, 3.63) is 23.8 Å². The lowest BCUT2D eigenvalue weighted by atomic mass is 9.98. The van der Waals surface area contributed by atoms with E-state index in [1.807, 2.05) is 17.0 Å². The molecule has 2 saturated heterocycles. The Balaban J connectivity index is 1.38. The lowest BCUT2D eigenvalue weighted by molar-refractivity contribution is -0.138. The minimum atomic E-state index is 0.148. The number of benzene rings is 1. The number of amides is 1. The van der Waals surface area contributed by atoms with E-state index in [0.717, 1.165) is 68.6 Å². The highest BCUT2D eigenvalue weighted by molar-refractivity contribution is 5.79. The molecule has 25 heavy (non-hydrogen) atoms. The van der Waals surface area contributed by atoms with E-state index in [1.54, 1.807) is 0 Å². The van der Waals surface area contributed by atoms with Crippen molar-refractivity contribution in [2.45, 2.75) is 25.8 Å². The lowest BCUT2D eigenvalue weighted by Crippen LogP contribution is -2.40. The number of hydrogen-bond donors (Lipinski definition) is 0. The number of aromatic nitrogens is 2. The van der Waals surface area contributed by atoms with Crippen LogP contribution < -0.4 is 0 Å². The van der Waals surface area contributed by atoms with E-state index in [2.05, 4.69) is 21.3 Å². The van der Waals surface area contributed by atoms with Gasteiger partial charge in [-0.15, -0.1) is 0 Å². The van der Waals surface area contributed by atoms with Crippen molar-refractivity contribution in [1.29, 1.82) is 0 Å². The minimum absolute atomic E-state index is 0.148. The summed E-state index contributed by atoms with van der Waals surface area (Å²) < 4.78 is 10.2. The van der Waals surface area contributed by atoms with Gasteiger partial charge in [0.15, 0.2) is 0 Å². The highest BCUT2D eigenvalue weighted by Crippen LogP contribution is 2.20. The molecule has 0 spiro atoms. The number of nitrogens with zero attached hydrogens (tertiary/aromatic N) is 4. The van der Waals surface area contributed by atoms with Crippen LogP contribution in [0.1, 0.15) is 24.8 Å². The van der Waals surface area contributed by atoms with Gasteiger partial charge in [0.2, 0.25) is 5.91 Å². The zero-order valence-corrected chi connectivity index (χ0v) is 14.4. The van der Waals surface area contributed by atoms with Gasteiger partial charge in [-0.3, -0.25) is 9.69 Å². The Morgan fingerprint density at radius 3 is 2.88 bits per heavy atom. The third kappa shape index (κ3) is 3.67. The SMILES string of the molecule is O=C(C1CCOCC1)N1CCCN(Cc2cccc3nonc23)CC1. The van der Waals surface area contributed by atoms with Gasteiger partial charge in [-0.25, -0.2) is 4.63 Å². The second-order valence-electron chi connectivity index (χ2n) is 6.89. The standard InChI is InChI=1S/C18H24N4O3/c23-18(14-5-11-24-12-6-14)22-8-2-7-21(9-10-22)13-15-3-1-4-16-17(15)20-25-19-16/h1,3-4,14H,2,5-13H2. The first-order valence-electron chi connectivity index (χ1n) is 9.10. The van der Waals surface area contributed by atoms with Crippen LogP contribution in [-0.2, 0) is 16.1 Å². The van der Waals surface area contributed by atoms with Gasteiger partial charge < -0.3 is 9.64 Å². The van der Waals surface area contributed by atoms with E-state index in [1.165, 1.54) is 0 Å². The summed E-state index contributed by atoms with van der Waals surface area (Å²) in [6.07, 6.45) is 2.72. The Bertz CT molecular complexity index is 726. The maximum atomic E-state index is 12.7. The summed E-state index contributed by atoms with van der Waals surface area (Å²) in [6.45, 7) is 5.75. The van der Waals surface area contributed by atoms with Crippen LogP contribution >= 0.6 is 0 Å². The van der Waals surface area contributed by atoms with Crippen molar-refractivity contribution in [2.24, 2.45) is 5.92 Å². The molecule has 0 aliphatic carbocycles. The van der Waals surface area contributed by atoms with Gasteiger partial charge in [-0.1, -0.05) is 12.1 Å². The summed E-state index contributed by atoms with van der Waals surface area (Å²) in [7, 11) is 0. The molecule has 134 valence electrons. The Kier molecular flexibility index (Phi) is 4.94. The second-order valence-corrected chi connectivity index (χ2v) is 6.89. The van der Waals surface area contributed by atoms with Crippen molar-refractivity contribution in [3.63, 3.8) is 0 Å². The largest absolute Gasteiger partial charge is 0.381 e. The van der Waals surface area contributed by atoms with Crippen LogP contribution in [0.4, 0.5) is 0 Å². The van der Waals surface area contributed by atoms with Crippen LogP contribution in [0.2, 0.25) is 0 Å². The quantitative estimate of drug-likeness (QED) is 0.844. The Morgan fingerprint density at radius 1 is 1.12 bits per heavy atom. The Labute approximate surface area is 146 Å². The maximum absolute atomic E-state index is 12.7. The van der Waals surface area contributed by atoms with Gasteiger partial charge in [0.25, 0.3) is 0 Å². The summed E-state index contributed by atoms with van der Waals surface area (Å²) in [5.74, 6) is 0.461. The number of ether oxygens (including phenoxy) is 1. The summed E-state index contributed by atoms with van der Waals surface area (Å²) >= 11 is 0. The van der Waals surface area contributed by atoms with Gasteiger partial charge in [-0.05, 0) is 41.2 Å². The molecule has 0 saturated carbocycles. The molecule has 0 radical (unpaired) electrons. The molecule has 2 aromatic rings. The van der Waals surface area contributed by atoms with Crippen LogP contribution in [0.15, 0.2) is 22.8 Å². The predicted molar refractivity (Wildman–Crippen MR) is 91.8 cm³/mol. The third-order valence-electron chi connectivity index (χ3n) is 5.23. The Hall–Kier alpha value is -1.99. The zero-order valence-electron chi connectivity index (χ0n) is 14.4. The molecular formula is C18H24N4O3. The van der Waals surface area contributed by atoms with Crippen LogP contribution in [0, 0.1) is 5.92 Å². The van der Waals surface area contributed by atoms with Crippen LogP contribution in [0.25, 0.3) is 11.0 Å². The molecule has 7 nitrogen and oxygen atoms in total. The average Bonchev–Trinajstić information content (AvgIpc) is 3.02. The average molecular weight is 344 g/mol. The molecule has 4 rings (SSSR count). The van der Waals surface area contributed by atoms with Gasteiger partial charge >= 0.3 is 0 Å². The molecule has 1 aromatic carbocycles. The molecule has 2 fully saturated rings. The van der Waals surface area contributed by atoms with E-state index in [-0.39, 0.29) is 5.92 Å². The molecule has 0 unspecified atom stereocenters. The normalized spacial score (nSPS) is 20.7. The van der Waals surface area contributed by atoms with Crippen molar-refractivity contribution in [1.82, 2.24) is 20.1 Å². The van der Waals surface area contributed by atoms with Crippen molar-refractivity contribution < 1.29 is 14.2 Å². The fraction of sp³-hybridized carbons (Fsp3) is 0.611. The fourth-order valence-electron chi connectivity index (χ4n) is 3.78. The van der Waals surface area contributed by atoms with Gasteiger partial charge in [0, 0.05) is 51.9 Å². The first-order valence-corrected chi connectivity index (χ1v) is 9.10. The number of hydrogen-bond acceptors (Lipinski definition) is 6. The van der Waals surface area contributed by atoms with E-state index in [0.29, 0.717) is 19.1 Å². The van der Waals surface area contributed by atoms with E-state index >= 15 is 0 Å². The highest BCUT2D eigenvalue weighted by Gasteiger charge is 2.27. The summed E-state index contributed by atoms with van der Waals surface area (Å²) in [5.41, 5.74) is 2.76. The Morgan fingerprint density at radius 2 is 2.00 bits per heavy atom. The predicted octanol–water partition coefficient (Wildman–Crippen LogP) is 1.68. The maximum Gasteiger partial charge on any atom is 0.225 e. The summed E-state index contributed by atoms with van der Waals surface area (Å²) in [4.78, 5) is 17.2. The molecule has 1 amide bonds. The number of carbonyl (C=O) groups is 1. The van der Waals surface area contributed by atoms with Crippen LogP contribution in [0.5, 0.6) is 0 Å². The van der Waals surface area contributed by atoms with Crippen LogP contribution in [-0.4, -0.2) is 65.4 Å². The summed E-state index contributed by atoms with van der Waals surface area (Å²) in [5, 5.41) is 7.93. The number of fused-ring (bicyclic) bond motifs is 1. The second kappa shape index (κ2) is 7.49. The first kappa shape index (κ1) is 16.5. The molecule has 7 heteroatoms. The highest BCUT2D eigenvalue weighted by atomic mass is 16.6. The van der Waals surface area contributed by atoms with Gasteiger partial charge in [-0.2, -0.15) is 0 Å². The van der Waals surface area contributed by atoms with Gasteiger partial charge in [0.05, 0.1) is 0 Å². The van der Waals surface area contributed by atoms with E-state index in [4.69, 9.17) is 9.37 Å². The fourth-order valence-corrected chi connectivity index (χ4v) is 3.78. The molecule has 0 atom stereocenters. The molecule has 1 aromatic heterocycles. The molecule has 2 aliphatic rings. The van der Waals surface area contributed by atoms with E-state index < -0.39 is 0 Å². The summed E-state index contributed by atoms with van der Waals surface area (Å²) in [6, 6.07) is 5.97. The van der Waals surface area contributed by atoms with Crippen molar-refractivity contribution in [3.8, 4) is 0 Å². The lowest BCUT2D eigenvalue weighted by Gasteiger charge is -2.28. The number of rotatable bonds is 3. The molecule has 0 bridgehead atoms. The van der Waals surface area contributed by atoms with Gasteiger partial charge in [0.1, 0.15) is 11.0 Å². The molecule has 2 aliphatic heterocycles.